The predicted octanol–water partition coefficient (Wildman–Crippen LogP) is 5.70. The number of aromatic nitrogens is 1. The van der Waals surface area contributed by atoms with Gasteiger partial charge in [0, 0.05) is 19.3 Å². The fourth-order valence-electron chi connectivity index (χ4n) is 3.34. The molecule has 0 spiro atoms. The maximum Gasteiger partial charge on any atom is 0.416 e. The van der Waals surface area contributed by atoms with E-state index < -0.39 is 17.3 Å². The van der Waals surface area contributed by atoms with Crippen LogP contribution in [-0.4, -0.2) is 46.4 Å². The van der Waals surface area contributed by atoms with Gasteiger partial charge >= 0.3 is 12.2 Å². The van der Waals surface area contributed by atoms with Gasteiger partial charge in [0.25, 0.3) is 0 Å². The Morgan fingerprint density at radius 3 is 2.33 bits per heavy atom. The summed E-state index contributed by atoms with van der Waals surface area (Å²) in [5.41, 5.74) is -0.152. The summed E-state index contributed by atoms with van der Waals surface area (Å²) in [7, 11) is 0. The van der Waals surface area contributed by atoms with Gasteiger partial charge in [-0.2, -0.15) is 0 Å². The van der Waals surface area contributed by atoms with Gasteiger partial charge in [0.2, 0.25) is 0 Å². The van der Waals surface area contributed by atoms with Crippen LogP contribution >= 0.6 is 0 Å². The molecule has 1 saturated heterocycles. The maximum absolute atomic E-state index is 12.7. The zero-order chi connectivity index (χ0) is 22.5. The number of hydrogen-bond acceptors (Lipinski definition) is 5. The van der Waals surface area contributed by atoms with Gasteiger partial charge in [0.1, 0.15) is 17.0 Å². The Hall–Kier alpha value is -2.31. The van der Waals surface area contributed by atoms with Crippen LogP contribution in [0.2, 0.25) is 0 Å². The summed E-state index contributed by atoms with van der Waals surface area (Å²) in [4.78, 5) is 33.1. The van der Waals surface area contributed by atoms with E-state index in [2.05, 4.69) is 11.9 Å². The normalized spacial score (nSPS) is 17.0. The van der Waals surface area contributed by atoms with Crippen molar-refractivity contribution in [3.63, 3.8) is 0 Å². The number of pyridine rings is 1. The lowest BCUT2D eigenvalue weighted by molar-refractivity contribution is 0.0224. The van der Waals surface area contributed by atoms with Crippen LogP contribution in [0, 0.1) is 0 Å². The molecule has 2 amide bonds. The predicted molar refractivity (Wildman–Crippen MR) is 118 cm³/mol. The topological polar surface area (TPSA) is 72.0 Å². The van der Waals surface area contributed by atoms with Crippen LogP contribution in [0.3, 0.4) is 0 Å². The quantitative estimate of drug-likeness (QED) is 0.612. The highest BCUT2D eigenvalue weighted by Gasteiger charge is 2.33. The highest BCUT2D eigenvalue weighted by Crippen LogP contribution is 2.33. The third-order valence-electron chi connectivity index (χ3n) is 4.66. The Kier molecular flexibility index (Phi) is 7.72. The van der Waals surface area contributed by atoms with Gasteiger partial charge in [0.15, 0.2) is 0 Å². The van der Waals surface area contributed by atoms with Crippen molar-refractivity contribution in [1.82, 2.24) is 9.88 Å². The van der Waals surface area contributed by atoms with Gasteiger partial charge in [-0.3, -0.25) is 4.90 Å². The van der Waals surface area contributed by atoms with Crippen LogP contribution < -0.4 is 4.90 Å². The summed E-state index contributed by atoms with van der Waals surface area (Å²) < 4.78 is 11.1. The van der Waals surface area contributed by atoms with E-state index in [4.69, 9.17) is 9.47 Å². The molecule has 0 N–H and O–H groups in total. The van der Waals surface area contributed by atoms with Crippen LogP contribution in [0.4, 0.5) is 15.4 Å². The van der Waals surface area contributed by atoms with E-state index >= 15 is 0 Å². The molecule has 1 atom stereocenters. The van der Waals surface area contributed by atoms with E-state index in [1.165, 1.54) is 0 Å². The van der Waals surface area contributed by atoms with E-state index in [0.717, 1.165) is 31.2 Å². The fraction of sp³-hybridized carbons (Fsp3) is 0.696. The molecule has 7 heteroatoms. The molecule has 1 aliphatic heterocycles. The molecule has 0 saturated carbocycles. The lowest BCUT2D eigenvalue weighted by Crippen LogP contribution is -2.38. The zero-order valence-electron chi connectivity index (χ0n) is 19.5. The smallest absolute Gasteiger partial charge is 0.416 e. The zero-order valence-corrected chi connectivity index (χ0v) is 19.5. The SMILES string of the molecule is CCCCN(C(=O)OC(C)(C)C)c1ccc([C@H]2CCCN2C(=O)OC(C)(C)C)cn1. The highest BCUT2D eigenvalue weighted by atomic mass is 16.6. The summed E-state index contributed by atoms with van der Waals surface area (Å²) in [5.74, 6) is 0.559. The molecule has 0 aliphatic carbocycles. The first-order valence-corrected chi connectivity index (χ1v) is 10.9. The average molecular weight is 420 g/mol. The second kappa shape index (κ2) is 9.67. The van der Waals surface area contributed by atoms with Gasteiger partial charge in [0.05, 0.1) is 6.04 Å². The van der Waals surface area contributed by atoms with Crippen LogP contribution in [0.5, 0.6) is 0 Å². The van der Waals surface area contributed by atoms with Crippen molar-refractivity contribution in [2.45, 2.75) is 91.4 Å². The Bertz CT molecular complexity index is 719. The van der Waals surface area contributed by atoms with Gasteiger partial charge in [-0.15, -0.1) is 0 Å². The van der Waals surface area contributed by atoms with Crippen molar-refractivity contribution in [2.24, 2.45) is 0 Å². The molecule has 0 aromatic carbocycles. The van der Waals surface area contributed by atoms with Crippen LogP contribution in [0.1, 0.15) is 85.8 Å². The molecule has 1 fully saturated rings. The lowest BCUT2D eigenvalue weighted by Gasteiger charge is -2.29. The van der Waals surface area contributed by atoms with Crippen LogP contribution in [0.15, 0.2) is 18.3 Å². The van der Waals surface area contributed by atoms with Gasteiger partial charge in [-0.1, -0.05) is 19.4 Å². The minimum absolute atomic E-state index is 0.0629. The second-order valence-corrected chi connectivity index (χ2v) is 9.77. The van der Waals surface area contributed by atoms with E-state index in [9.17, 15) is 9.59 Å². The first-order valence-electron chi connectivity index (χ1n) is 10.9. The highest BCUT2D eigenvalue weighted by molar-refractivity contribution is 5.86. The summed E-state index contributed by atoms with van der Waals surface area (Å²) in [6.45, 7) is 14.5. The molecule has 1 aliphatic rings. The molecule has 168 valence electrons. The van der Waals surface area contributed by atoms with E-state index in [1.54, 1.807) is 16.0 Å². The monoisotopic (exact) mass is 419 g/mol. The minimum Gasteiger partial charge on any atom is -0.444 e. The Morgan fingerprint density at radius 2 is 1.80 bits per heavy atom. The van der Waals surface area contributed by atoms with E-state index in [0.29, 0.717) is 18.9 Å². The lowest BCUT2D eigenvalue weighted by atomic mass is 10.1. The number of nitrogens with zero attached hydrogens (tertiary/aromatic N) is 3. The summed E-state index contributed by atoms with van der Waals surface area (Å²) >= 11 is 0. The third kappa shape index (κ3) is 6.89. The molecule has 0 unspecified atom stereocenters. The largest absolute Gasteiger partial charge is 0.444 e. The molecular formula is C23H37N3O4. The fourth-order valence-corrected chi connectivity index (χ4v) is 3.34. The van der Waals surface area contributed by atoms with Crippen LogP contribution in [-0.2, 0) is 9.47 Å². The Morgan fingerprint density at radius 1 is 1.13 bits per heavy atom. The molecule has 1 aromatic heterocycles. The Labute approximate surface area is 180 Å². The number of carbonyl (C=O) groups excluding carboxylic acids is 2. The number of carbonyl (C=O) groups is 2. The molecule has 0 radical (unpaired) electrons. The molecule has 7 nitrogen and oxygen atoms in total. The van der Waals surface area contributed by atoms with Crippen molar-refractivity contribution in [1.29, 1.82) is 0 Å². The van der Waals surface area contributed by atoms with Gasteiger partial charge < -0.3 is 14.4 Å². The molecule has 0 bridgehead atoms. The number of unbranched alkanes of at least 4 members (excludes halogenated alkanes) is 1. The van der Waals surface area contributed by atoms with Crippen molar-refractivity contribution in [3.05, 3.63) is 23.9 Å². The van der Waals surface area contributed by atoms with Gasteiger partial charge in [-0.25, -0.2) is 14.6 Å². The number of hydrogen-bond donors (Lipinski definition) is 0. The van der Waals surface area contributed by atoms with E-state index in [-0.39, 0.29) is 12.1 Å². The Balaban J connectivity index is 2.18. The number of rotatable bonds is 5. The minimum atomic E-state index is -0.570. The van der Waals surface area contributed by atoms with Crippen molar-refractivity contribution in [3.8, 4) is 0 Å². The molecule has 1 aromatic rings. The second-order valence-electron chi connectivity index (χ2n) is 9.77. The summed E-state index contributed by atoms with van der Waals surface area (Å²) in [6.07, 6.45) is 4.67. The first-order chi connectivity index (χ1) is 13.9. The standard InChI is InChI=1S/C23H37N3O4/c1-8-9-14-26(21(28)30-23(5,6)7)19-13-12-17(16-24-19)18-11-10-15-25(18)20(27)29-22(2,3)4/h12-13,16,18H,8-11,14-15H2,1-7H3/t18-/m1/s1. The summed E-state index contributed by atoms with van der Waals surface area (Å²) in [6, 6.07) is 3.71. The van der Waals surface area contributed by atoms with Crippen molar-refractivity contribution in [2.75, 3.05) is 18.0 Å². The third-order valence-corrected chi connectivity index (χ3v) is 4.66. The average Bonchev–Trinajstić information content (AvgIpc) is 3.09. The maximum atomic E-state index is 12.7. The first kappa shape index (κ1) is 24.0. The van der Waals surface area contributed by atoms with Crippen molar-refractivity contribution < 1.29 is 19.1 Å². The number of amides is 2. The molecular weight excluding hydrogens is 382 g/mol. The van der Waals surface area contributed by atoms with Gasteiger partial charge in [-0.05, 0) is 72.4 Å². The molecule has 30 heavy (non-hydrogen) atoms. The number of ether oxygens (including phenoxy) is 2. The van der Waals surface area contributed by atoms with E-state index in [1.807, 2.05) is 53.7 Å². The van der Waals surface area contributed by atoms with Crippen molar-refractivity contribution >= 4 is 18.0 Å². The van der Waals surface area contributed by atoms with Crippen LogP contribution in [0.25, 0.3) is 0 Å². The number of anilines is 1. The number of likely N-dealkylation sites (tertiary alicyclic amines) is 1. The summed E-state index contributed by atoms with van der Waals surface area (Å²) in [5, 5.41) is 0. The molecule has 2 rings (SSSR count). The molecule has 2 heterocycles.